The van der Waals surface area contributed by atoms with E-state index in [9.17, 15) is 76.6 Å². The van der Waals surface area contributed by atoms with Crippen molar-refractivity contribution in [3.8, 4) is 0 Å². The van der Waals surface area contributed by atoms with E-state index in [1.807, 2.05) is 20.8 Å². The van der Waals surface area contributed by atoms with Crippen LogP contribution in [0.3, 0.4) is 0 Å². The summed E-state index contributed by atoms with van der Waals surface area (Å²) in [6.07, 6.45) is -25.8. The number of hydrogen-bond donors (Lipinski definition) is 15. The number of hydrogen-bond acceptors (Lipinski definition) is 23. The number of allylic oxidation sites excluding steroid dienone is 2. The van der Waals surface area contributed by atoms with E-state index in [1.165, 1.54) is 0 Å². The Bertz CT molecular complexity index is 1990. The van der Waals surface area contributed by atoms with Crippen molar-refractivity contribution in [3.63, 3.8) is 0 Å². The van der Waals surface area contributed by atoms with E-state index in [0.29, 0.717) is 38.5 Å². The molecule has 30 atom stereocenters. The maximum Gasteiger partial charge on any atom is 0.187 e. The molecule has 0 spiro atoms. The standard InChI is InChI=1S/C54H92O23/c1-23(2)10-9-14-54(8,77-49-45(41(67)37(63)29(22-58)73-49)76-47-43(69)39(65)35(61)27(20-56)71-47)24-11-16-53(7)33(24)25(59)18-31-51(5)15-13-32(50(3,4)30(51)12-17-52(31,53)6)74-48-44(40(66)36(62)28(21-57)72-48)75-46-42(68)38(64)34(60)26(19-55)70-46/h10,24-49,55-69H,9,11-22H2,1-8H3/t24-,25+,26+,27+,28+,29+,30+,31+,32+,33-,34+,35+,36+,37+,38-,39-,40-,41-,42+,43+,44+,45+,46-,47-,48-,49-,51+,52+,53+,54-/m0/s1. The Morgan fingerprint density at radius 1 is 0.519 bits per heavy atom. The van der Waals surface area contributed by atoms with Gasteiger partial charge in [0.2, 0.25) is 0 Å². The highest BCUT2D eigenvalue weighted by molar-refractivity contribution is 5.21. The molecular weight excluding hydrogens is 1020 g/mol. The lowest BCUT2D eigenvalue weighted by molar-refractivity contribution is -0.382. The van der Waals surface area contributed by atoms with E-state index >= 15 is 0 Å². The van der Waals surface area contributed by atoms with Crippen molar-refractivity contribution in [2.45, 2.75) is 254 Å². The number of ether oxygens (including phenoxy) is 8. The first-order valence-electron chi connectivity index (χ1n) is 27.9. The second-order valence-electron chi connectivity index (χ2n) is 25.7. The zero-order valence-corrected chi connectivity index (χ0v) is 45.8. The van der Waals surface area contributed by atoms with Gasteiger partial charge in [0.15, 0.2) is 25.2 Å². The molecule has 0 unspecified atom stereocenters. The molecule has 4 aliphatic heterocycles. The van der Waals surface area contributed by atoms with Crippen molar-refractivity contribution < 1.29 is 114 Å². The van der Waals surface area contributed by atoms with Gasteiger partial charge in [0.25, 0.3) is 0 Å². The Hall–Kier alpha value is -1.18. The molecule has 0 aromatic heterocycles. The Kier molecular flexibility index (Phi) is 18.9. The Labute approximate surface area is 450 Å². The minimum Gasteiger partial charge on any atom is -0.394 e. The van der Waals surface area contributed by atoms with Crippen LogP contribution in [0.15, 0.2) is 11.6 Å². The summed E-state index contributed by atoms with van der Waals surface area (Å²) in [5, 5.41) is 162. The minimum absolute atomic E-state index is 0.0192. The predicted molar refractivity (Wildman–Crippen MR) is 266 cm³/mol. The molecule has 8 fully saturated rings. The minimum atomic E-state index is -1.85. The van der Waals surface area contributed by atoms with Gasteiger partial charge in [-0.1, -0.05) is 46.3 Å². The van der Waals surface area contributed by atoms with Crippen molar-refractivity contribution in [2.75, 3.05) is 26.4 Å². The van der Waals surface area contributed by atoms with Gasteiger partial charge in [-0.05, 0) is 124 Å². The Morgan fingerprint density at radius 3 is 1.47 bits per heavy atom. The van der Waals surface area contributed by atoms with Gasteiger partial charge in [0.05, 0.1) is 44.2 Å². The Morgan fingerprint density at radius 2 is 0.974 bits per heavy atom. The monoisotopic (exact) mass is 1110 g/mol. The topological polar surface area (TPSA) is 377 Å². The molecule has 4 saturated carbocycles. The van der Waals surface area contributed by atoms with Crippen molar-refractivity contribution in [1.29, 1.82) is 0 Å². The quantitative estimate of drug-likeness (QED) is 0.0576. The number of aliphatic hydroxyl groups is 15. The van der Waals surface area contributed by atoms with Gasteiger partial charge >= 0.3 is 0 Å². The van der Waals surface area contributed by atoms with Crippen LogP contribution in [0.1, 0.15) is 113 Å². The molecule has 4 aliphatic carbocycles. The molecule has 77 heavy (non-hydrogen) atoms. The van der Waals surface area contributed by atoms with Crippen LogP contribution < -0.4 is 0 Å². The number of aliphatic hydroxyl groups excluding tert-OH is 15. The third kappa shape index (κ3) is 10.8. The summed E-state index contributed by atoms with van der Waals surface area (Å²) in [5.74, 6) is -0.575. The predicted octanol–water partition coefficient (Wildman–Crippen LogP) is -2.20. The van der Waals surface area contributed by atoms with Crippen LogP contribution in [0, 0.1) is 45.3 Å². The highest BCUT2D eigenvalue weighted by atomic mass is 16.8. The largest absolute Gasteiger partial charge is 0.394 e. The molecule has 8 aliphatic rings. The molecule has 8 rings (SSSR count). The van der Waals surface area contributed by atoms with E-state index in [1.54, 1.807) is 0 Å². The summed E-state index contributed by atoms with van der Waals surface area (Å²) < 4.78 is 49.7. The van der Waals surface area contributed by atoms with E-state index in [4.69, 9.17) is 37.9 Å². The molecule has 15 N–H and O–H groups in total. The van der Waals surface area contributed by atoms with Gasteiger partial charge in [0.1, 0.15) is 97.7 Å². The van der Waals surface area contributed by atoms with Crippen molar-refractivity contribution in [1.82, 2.24) is 0 Å². The molecule has 0 aromatic carbocycles. The number of fused-ring (bicyclic) bond motifs is 5. The average Bonchev–Trinajstić information content (AvgIpc) is 4.01. The third-order valence-corrected chi connectivity index (χ3v) is 20.9. The molecule has 0 aromatic rings. The van der Waals surface area contributed by atoms with Crippen LogP contribution >= 0.6 is 0 Å². The highest BCUT2D eigenvalue weighted by Crippen LogP contribution is 2.76. The van der Waals surface area contributed by atoms with Gasteiger partial charge in [0, 0.05) is 0 Å². The fourth-order valence-electron chi connectivity index (χ4n) is 16.3. The van der Waals surface area contributed by atoms with Gasteiger partial charge in [-0.3, -0.25) is 0 Å². The van der Waals surface area contributed by atoms with Gasteiger partial charge in [-0.2, -0.15) is 0 Å². The normalized spacial score (nSPS) is 52.7. The lowest BCUT2D eigenvalue weighted by Gasteiger charge is -2.71. The highest BCUT2D eigenvalue weighted by Gasteiger charge is 2.72. The first kappa shape index (κ1) is 61.9. The lowest BCUT2D eigenvalue weighted by Crippen LogP contribution is -2.68. The van der Waals surface area contributed by atoms with Crippen molar-refractivity contribution >= 4 is 0 Å². The summed E-state index contributed by atoms with van der Waals surface area (Å²) >= 11 is 0. The molecule has 4 saturated heterocycles. The Balaban J connectivity index is 1.05. The second kappa shape index (κ2) is 23.5. The molecule has 0 amide bonds. The summed E-state index contributed by atoms with van der Waals surface area (Å²) in [4.78, 5) is 0. The van der Waals surface area contributed by atoms with Crippen LogP contribution in [0.4, 0.5) is 0 Å². The maximum absolute atomic E-state index is 12.9. The van der Waals surface area contributed by atoms with E-state index in [2.05, 4.69) is 40.7 Å². The van der Waals surface area contributed by atoms with Crippen molar-refractivity contribution in [2.24, 2.45) is 45.3 Å². The third-order valence-electron chi connectivity index (χ3n) is 20.9. The van der Waals surface area contributed by atoms with Crippen LogP contribution in [0.5, 0.6) is 0 Å². The van der Waals surface area contributed by atoms with Crippen LogP contribution in [0.2, 0.25) is 0 Å². The smallest absolute Gasteiger partial charge is 0.187 e. The summed E-state index contributed by atoms with van der Waals surface area (Å²) in [7, 11) is 0. The first-order chi connectivity index (χ1) is 36.1. The summed E-state index contributed by atoms with van der Waals surface area (Å²) in [6.45, 7) is 14.3. The molecule has 4 heterocycles. The molecule has 23 heteroatoms. The first-order valence-corrected chi connectivity index (χ1v) is 27.9. The van der Waals surface area contributed by atoms with E-state index in [0.717, 1.165) is 24.8 Å². The molecule has 0 radical (unpaired) electrons. The zero-order valence-electron chi connectivity index (χ0n) is 45.8. The zero-order chi connectivity index (χ0) is 56.6. The fourth-order valence-corrected chi connectivity index (χ4v) is 16.3. The van der Waals surface area contributed by atoms with Crippen LogP contribution in [-0.4, -0.2) is 244 Å². The molecule has 446 valence electrons. The van der Waals surface area contributed by atoms with Crippen LogP contribution in [0.25, 0.3) is 0 Å². The fraction of sp³-hybridized carbons (Fsp3) is 0.963. The second-order valence-corrected chi connectivity index (χ2v) is 25.7. The molecule has 0 bridgehead atoms. The lowest BCUT2D eigenvalue weighted by atomic mass is 9.35. The maximum atomic E-state index is 12.9. The molecule has 23 nitrogen and oxygen atoms in total. The van der Waals surface area contributed by atoms with E-state index in [-0.39, 0.29) is 34.5 Å². The van der Waals surface area contributed by atoms with E-state index < -0.39 is 178 Å². The SMILES string of the molecule is CC(C)=CCC[C@](C)(O[C@@H]1O[C@H](CO)[C@@H](O)[C@H](O)[C@H]1O[C@@H]1O[C@H](CO)[C@@H](O)[C@H](O)[C@H]1O)[C@H]1CC[C@]2(C)[C@@H]1[C@H](O)C[C@@H]1[C@]3(C)CC[C@@H](O[C@@H]4O[C@H](CO)[C@@H](O)[C@H](O)[C@H]4O[C@@H]4O[C@H](CO)[C@@H](O)[C@H](O)[C@H]4O)C(C)(C)[C@H]3CC[C@]12C. The van der Waals surface area contributed by atoms with Gasteiger partial charge in [-0.15, -0.1) is 0 Å². The summed E-state index contributed by atoms with van der Waals surface area (Å²) in [6, 6.07) is 0. The van der Waals surface area contributed by atoms with Gasteiger partial charge in [-0.25, -0.2) is 0 Å². The summed E-state index contributed by atoms with van der Waals surface area (Å²) in [5.41, 5.74) is -1.73. The molecular formula is C54H92O23. The number of rotatable bonds is 16. The van der Waals surface area contributed by atoms with Crippen molar-refractivity contribution in [3.05, 3.63) is 11.6 Å². The van der Waals surface area contributed by atoms with Crippen LogP contribution in [-0.2, 0) is 37.9 Å². The average molecular weight is 1110 g/mol. The van der Waals surface area contributed by atoms with Gasteiger partial charge < -0.3 is 114 Å².